The van der Waals surface area contributed by atoms with Crippen molar-refractivity contribution in [3.8, 4) is 0 Å². The number of rotatable bonds is 11. The Kier molecular flexibility index (Phi) is 16.2. The lowest BCUT2D eigenvalue weighted by Crippen LogP contribution is -2.59. The number of hydrogen-bond donors (Lipinski definition) is 3. The molecule has 18 atom stereocenters. The number of ether oxygens (including phenoxy) is 8. The maximum atomic E-state index is 13.6. The molecule has 3 saturated heterocycles. The summed E-state index contributed by atoms with van der Waals surface area (Å²) in [7, 11) is 6.68. The van der Waals surface area contributed by atoms with Crippen LogP contribution in [-0.2, 0) is 52.3 Å². The second-order valence-electron chi connectivity index (χ2n) is 16.1. The van der Waals surface area contributed by atoms with Gasteiger partial charge in [0.05, 0.1) is 49.7 Å². The van der Waals surface area contributed by atoms with Crippen LogP contribution in [0.15, 0.2) is 12.2 Å². The van der Waals surface area contributed by atoms with Gasteiger partial charge in [-0.15, -0.1) is 0 Å². The van der Waals surface area contributed by atoms with Crippen molar-refractivity contribution in [3.63, 3.8) is 0 Å². The average molecular weight is 772 g/mol. The topological polar surface area (TPSA) is 192 Å². The predicted molar refractivity (Wildman–Crippen MR) is 194 cm³/mol. The number of aldehydes is 1. The third-order valence-corrected chi connectivity index (χ3v) is 11.9. The number of ketones is 1. The Bertz CT molecular complexity index is 1270. The molecule has 4 aliphatic rings. The molecule has 3 fully saturated rings. The van der Waals surface area contributed by atoms with Crippen molar-refractivity contribution in [1.82, 2.24) is 4.90 Å². The van der Waals surface area contributed by atoms with E-state index in [2.05, 4.69) is 0 Å². The molecule has 0 unspecified atom stereocenters. The molecule has 4 rings (SSSR count). The zero-order chi connectivity index (χ0) is 40.1. The number of epoxide rings is 1. The number of hydrogen-bond acceptors (Lipinski definition) is 15. The van der Waals surface area contributed by atoms with Crippen molar-refractivity contribution in [3.05, 3.63) is 12.2 Å². The number of esters is 1. The summed E-state index contributed by atoms with van der Waals surface area (Å²) in [5.74, 6) is -3.04. The van der Waals surface area contributed by atoms with Crippen molar-refractivity contribution in [1.29, 1.82) is 0 Å². The standard InChI is InChI=1S/C39H65NO14/c1-11-29-25(19-49-38-36(48-10)35(47-9)33(46)23(5)51-38)37-39(6,54-37)14-12-27(42)20(2)16-24(13-15-41)34(21(3)28(43)18-30(44)52-29)53-31-17-26(40(7)8)32(45)22(4)50-31/h12,14-15,20-26,28-29,31-38,43,45-46H,11,13,16-19H2,1-10H3/b14-12-/t20-,21+,22-,23+,24+,25-,26+,28-,29-,31-,32+,33+,34+,35-,36+,37+,38+,39-/m1/s1. The zero-order valence-corrected chi connectivity index (χ0v) is 33.6. The van der Waals surface area contributed by atoms with Gasteiger partial charge in [-0.25, -0.2) is 0 Å². The van der Waals surface area contributed by atoms with E-state index in [0.717, 1.165) is 6.29 Å². The average Bonchev–Trinajstić information content (AvgIpc) is 3.80. The van der Waals surface area contributed by atoms with Crippen LogP contribution in [0, 0.1) is 23.7 Å². The number of methoxy groups -OCH3 is 2. The molecule has 4 heterocycles. The van der Waals surface area contributed by atoms with E-state index >= 15 is 0 Å². The molecule has 15 heteroatoms. The summed E-state index contributed by atoms with van der Waals surface area (Å²) in [6.07, 6.45) is -4.59. The Morgan fingerprint density at radius 3 is 2.24 bits per heavy atom. The number of nitrogens with zero attached hydrogens (tertiary/aromatic N) is 1. The monoisotopic (exact) mass is 771 g/mol. The van der Waals surface area contributed by atoms with Gasteiger partial charge < -0.3 is 62.9 Å². The highest BCUT2D eigenvalue weighted by Crippen LogP contribution is 2.45. The molecule has 0 bridgehead atoms. The molecule has 0 aromatic carbocycles. The molecule has 310 valence electrons. The van der Waals surface area contributed by atoms with Crippen LogP contribution in [0.4, 0.5) is 0 Å². The van der Waals surface area contributed by atoms with Crippen molar-refractivity contribution in [2.24, 2.45) is 23.7 Å². The molecule has 0 saturated carbocycles. The third kappa shape index (κ3) is 10.5. The maximum absolute atomic E-state index is 13.6. The van der Waals surface area contributed by atoms with Crippen molar-refractivity contribution >= 4 is 18.0 Å². The first-order valence-corrected chi connectivity index (χ1v) is 19.4. The van der Waals surface area contributed by atoms with Gasteiger partial charge in [0.25, 0.3) is 0 Å². The van der Waals surface area contributed by atoms with Crippen LogP contribution in [0.5, 0.6) is 0 Å². The van der Waals surface area contributed by atoms with E-state index in [1.54, 1.807) is 33.8 Å². The van der Waals surface area contributed by atoms with Crippen LogP contribution in [0.3, 0.4) is 0 Å². The van der Waals surface area contributed by atoms with Gasteiger partial charge >= 0.3 is 5.97 Å². The fourth-order valence-electron chi connectivity index (χ4n) is 8.33. The van der Waals surface area contributed by atoms with E-state index < -0.39 is 109 Å². The van der Waals surface area contributed by atoms with Gasteiger partial charge in [0, 0.05) is 50.9 Å². The summed E-state index contributed by atoms with van der Waals surface area (Å²) in [4.78, 5) is 41.2. The van der Waals surface area contributed by atoms with Crippen LogP contribution in [0.2, 0.25) is 0 Å². The van der Waals surface area contributed by atoms with Gasteiger partial charge in [0.1, 0.15) is 36.3 Å². The molecule has 0 radical (unpaired) electrons. The van der Waals surface area contributed by atoms with Gasteiger partial charge in [-0.3, -0.25) is 9.59 Å². The lowest BCUT2D eigenvalue weighted by Gasteiger charge is -2.44. The fourth-order valence-corrected chi connectivity index (χ4v) is 8.33. The minimum atomic E-state index is -1.24. The number of aliphatic hydroxyl groups excluding tert-OH is 3. The summed E-state index contributed by atoms with van der Waals surface area (Å²) in [5, 5.41) is 33.0. The first-order valence-electron chi connectivity index (χ1n) is 19.4. The van der Waals surface area contributed by atoms with E-state index in [0.29, 0.717) is 12.8 Å². The summed E-state index contributed by atoms with van der Waals surface area (Å²) in [6, 6.07) is -0.269. The number of aliphatic hydroxyl groups is 3. The Balaban J connectivity index is 1.62. The molecule has 0 amide bonds. The minimum Gasteiger partial charge on any atom is -0.462 e. The fraction of sp³-hybridized carbons (Fsp3) is 0.872. The Hall–Kier alpha value is -1.89. The Labute approximate surface area is 319 Å². The van der Waals surface area contributed by atoms with Crippen LogP contribution in [0.25, 0.3) is 0 Å². The number of carbonyl (C=O) groups excluding carboxylic acids is 3. The van der Waals surface area contributed by atoms with Crippen LogP contribution in [-0.4, -0.2) is 158 Å². The smallest absolute Gasteiger partial charge is 0.308 e. The predicted octanol–water partition coefficient (Wildman–Crippen LogP) is 1.80. The summed E-state index contributed by atoms with van der Waals surface area (Å²) >= 11 is 0. The molecule has 0 aromatic heterocycles. The molecular formula is C39H65NO14. The highest BCUT2D eigenvalue weighted by atomic mass is 16.7. The molecular weight excluding hydrogens is 706 g/mol. The number of allylic oxidation sites excluding steroid dienone is 1. The summed E-state index contributed by atoms with van der Waals surface area (Å²) < 4.78 is 48.4. The molecule has 0 spiro atoms. The van der Waals surface area contributed by atoms with Gasteiger partial charge in [-0.1, -0.05) is 20.8 Å². The Morgan fingerprint density at radius 1 is 0.963 bits per heavy atom. The quantitative estimate of drug-likeness (QED) is 0.156. The number of fused-ring (bicyclic) bond motifs is 1. The van der Waals surface area contributed by atoms with Crippen LogP contribution < -0.4 is 0 Å². The first-order chi connectivity index (χ1) is 25.5. The van der Waals surface area contributed by atoms with Crippen LogP contribution >= 0.6 is 0 Å². The molecule has 4 aliphatic heterocycles. The van der Waals surface area contributed by atoms with Crippen molar-refractivity contribution in [2.45, 2.75) is 159 Å². The second kappa shape index (κ2) is 19.5. The van der Waals surface area contributed by atoms with Crippen molar-refractivity contribution in [2.75, 3.05) is 34.9 Å². The molecule has 54 heavy (non-hydrogen) atoms. The molecule has 3 N–H and O–H groups in total. The highest BCUT2D eigenvalue weighted by Gasteiger charge is 2.57. The molecule has 0 aromatic rings. The van der Waals surface area contributed by atoms with Gasteiger partial charge in [-0.2, -0.15) is 0 Å². The maximum Gasteiger partial charge on any atom is 0.308 e. The van der Waals surface area contributed by atoms with Gasteiger partial charge in [0.15, 0.2) is 18.4 Å². The Morgan fingerprint density at radius 2 is 1.63 bits per heavy atom. The lowest BCUT2D eigenvalue weighted by molar-refractivity contribution is -0.305. The van der Waals surface area contributed by atoms with E-state index in [1.807, 2.05) is 32.8 Å². The zero-order valence-electron chi connectivity index (χ0n) is 33.6. The minimum absolute atomic E-state index is 0.0126. The van der Waals surface area contributed by atoms with Crippen molar-refractivity contribution < 1.29 is 67.6 Å². The highest BCUT2D eigenvalue weighted by molar-refractivity contribution is 5.91. The van der Waals surface area contributed by atoms with Gasteiger partial charge in [-0.05, 0) is 65.8 Å². The van der Waals surface area contributed by atoms with E-state index in [4.69, 9.17) is 37.9 Å². The van der Waals surface area contributed by atoms with E-state index in [9.17, 15) is 29.7 Å². The SMILES string of the molecule is CC[C@H]1OC(=O)C[C@@H](O)[C@H](C)[C@H](O[C@@H]2C[C@H](N(C)C)[C@@H](O)[C@@H](C)O2)[C@@H](CC=O)C[C@@H](C)C(=O)/C=C\[C@@]2(C)O[C@H]2[C@@H]1CO[C@H]1O[C@@H](C)[C@H](O)[C@@H](OC)[C@@H]1OC. The van der Waals surface area contributed by atoms with Crippen LogP contribution in [0.1, 0.15) is 73.6 Å². The largest absolute Gasteiger partial charge is 0.462 e. The second-order valence-corrected chi connectivity index (χ2v) is 16.1. The number of carbonyl (C=O) groups is 3. The normalized spacial score (nSPS) is 46.1. The third-order valence-electron chi connectivity index (χ3n) is 11.9. The number of likely N-dealkylation sites (N-methyl/N-ethyl adjacent to an activating group) is 1. The molecule has 15 nitrogen and oxygen atoms in total. The summed E-state index contributed by atoms with van der Waals surface area (Å²) in [5.41, 5.74) is -0.878. The molecule has 0 aliphatic carbocycles. The summed E-state index contributed by atoms with van der Waals surface area (Å²) in [6.45, 7) is 10.7. The first kappa shape index (κ1) is 44.8. The van der Waals surface area contributed by atoms with E-state index in [1.165, 1.54) is 20.3 Å². The lowest BCUT2D eigenvalue weighted by atomic mass is 9.79. The van der Waals surface area contributed by atoms with Gasteiger partial charge in [0.2, 0.25) is 0 Å². The van der Waals surface area contributed by atoms with E-state index in [-0.39, 0.29) is 37.7 Å². The number of cyclic esters (lactones) is 1.